The lowest BCUT2D eigenvalue weighted by Crippen LogP contribution is -2.56. The van der Waals surface area contributed by atoms with E-state index in [0.717, 1.165) is 45.9 Å². The van der Waals surface area contributed by atoms with Crippen LogP contribution in [0, 0.1) is 0 Å². The summed E-state index contributed by atoms with van der Waals surface area (Å²) in [6.45, 7) is 16.1. The lowest BCUT2D eigenvalue weighted by atomic mass is 10.0. The molecule has 1 fully saturated rings. The summed E-state index contributed by atoms with van der Waals surface area (Å²) < 4.78 is 5.42. The fourth-order valence-corrected chi connectivity index (χ4v) is 3.39. The Labute approximate surface area is 164 Å². The summed E-state index contributed by atoms with van der Waals surface area (Å²) >= 11 is 0. The fourth-order valence-electron chi connectivity index (χ4n) is 3.39. The van der Waals surface area contributed by atoms with E-state index in [2.05, 4.69) is 66.3 Å². The van der Waals surface area contributed by atoms with Gasteiger partial charge in [0.2, 0.25) is 0 Å². The van der Waals surface area contributed by atoms with Crippen molar-refractivity contribution in [3.8, 4) is 0 Å². The van der Waals surface area contributed by atoms with E-state index < -0.39 is 0 Å². The molecule has 0 radical (unpaired) electrons. The van der Waals surface area contributed by atoms with Crippen LogP contribution in [0.25, 0.3) is 0 Å². The number of nitrogens with zero attached hydrogens (tertiary/aromatic N) is 2. The molecular formula is C21H36N4O2. The van der Waals surface area contributed by atoms with E-state index in [1.807, 2.05) is 6.07 Å². The molecule has 0 atom stereocenters. The lowest BCUT2D eigenvalue weighted by molar-refractivity contribution is -0.00874. The zero-order chi connectivity index (χ0) is 19.7. The van der Waals surface area contributed by atoms with Crippen molar-refractivity contribution in [2.24, 2.45) is 0 Å². The Balaban J connectivity index is 1.83. The first kappa shape index (κ1) is 21.7. The average Bonchev–Trinajstić information content (AvgIpc) is 2.70. The van der Waals surface area contributed by atoms with Crippen LogP contribution in [-0.4, -0.2) is 67.3 Å². The van der Waals surface area contributed by atoms with Gasteiger partial charge in [-0.2, -0.15) is 0 Å². The maximum absolute atomic E-state index is 12.3. The van der Waals surface area contributed by atoms with Crippen LogP contribution in [0.3, 0.4) is 0 Å². The van der Waals surface area contributed by atoms with Gasteiger partial charge in [-0.05, 0) is 38.1 Å². The third-order valence-corrected chi connectivity index (χ3v) is 5.39. The molecule has 2 rings (SSSR count). The van der Waals surface area contributed by atoms with Gasteiger partial charge in [0.15, 0.2) is 0 Å². The highest BCUT2D eigenvalue weighted by Gasteiger charge is 2.28. The Bertz CT molecular complexity index is 581. The van der Waals surface area contributed by atoms with E-state index in [4.69, 9.17) is 4.74 Å². The van der Waals surface area contributed by atoms with Gasteiger partial charge in [-0.3, -0.25) is 9.80 Å². The quantitative estimate of drug-likeness (QED) is 0.695. The molecule has 1 aromatic carbocycles. The fraction of sp³-hybridized carbons (Fsp3) is 0.667. The molecule has 1 aliphatic rings. The van der Waals surface area contributed by atoms with Gasteiger partial charge < -0.3 is 15.4 Å². The SMILES string of the molecule is CCN(CC)Cc1ccccc1CNC(=O)NCC(C)(C)N1CCOCC1. The number of urea groups is 1. The molecular weight excluding hydrogens is 340 g/mol. The van der Waals surface area contributed by atoms with Gasteiger partial charge >= 0.3 is 6.03 Å². The molecule has 0 bridgehead atoms. The first-order valence-corrected chi connectivity index (χ1v) is 10.1. The predicted octanol–water partition coefficient (Wildman–Crippen LogP) is 2.44. The Kier molecular flexibility index (Phi) is 8.54. The molecule has 6 nitrogen and oxygen atoms in total. The number of nitrogens with one attached hydrogen (secondary N) is 2. The normalized spacial score (nSPS) is 15.7. The molecule has 2 N–H and O–H groups in total. The summed E-state index contributed by atoms with van der Waals surface area (Å²) in [5.41, 5.74) is 2.36. The summed E-state index contributed by atoms with van der Waals surface area (Å²) in [6, 6.07) is 8.22. The highest BCUT2D eigenvalue weighted by Crippen LogP contribution is 2.15. The van der Waals surface area contributed by atoms with E-state index in [9.17, 15) is 4.79 Å². The minimum atomic E-state index is -0.117. The monoisotopic (exact) mass is 376 g/mol. The van der Waals surface area contributed by atoms with E-state index in [1.54, 1.807) is 0 Å². The summed E-state index contributed by atoms with van der Waals surface area (Å²) in [4.78, 5) is 17.1. The zero-order valence-electron chi connectivity index (χ0n) is 17.4. The molecule has 152 valence electrons. The molecule has 0 saturated carbocycles. The Morgan fingerprint density at radius 3 is 2.37 bits per heavy atom. The van der Waals surface area contributed by atoms with E-state index in [1.165, 1.54) is 11.1 Å². The van der Waals surface area contributed by atoms with Crippen LogP contribution in [0.4, 0.5) is 4.79 Å². The second kappa shape index (κ2) is 10.6. The second-order valence-corrected chi connectivity index (χ2v) is 7.68. The molecule has 0 aromatic heterocycles. The Hall–Kier alpha value is -1.63. The van der Waals surface area contributed by atoms with Gasteiger partial charge in [0.05, 0.1) is 13.2 Å². The van der Waals surface area contributed by atoms with Crippen molar-refractivity contribution < 1.29 is 9.53 Å². The molecule has 0 spiro atoms. The molecule has 6 heteroatoms. The molecule has 2 amide bonds. The van der Waals surface area contributed by atoms with Crippen molar-refractivity contribution in [3.05, 3.63) is 35.4 Å². The van der Waals surface area contributed by atoms with Gasteiger partial charge in [-0.25, -0.2) is 4.79 Å². The second-order valence-electron chi connectivity index (χ2n) is 7.68. The molecule has 0 aliphatic carbocycles. The average molecular weight is 377 g/mol. The minimum absolute atomic E-state index is 0.0816. The van der Waals surface area contributed by atoms with E-state index in [0.29, 0.717) is 13.1 Å². The highest BCUT2D eigenvalue weighted by atomic mass is 16.5. The van der Waals surface area contributed by atoms with Crippen molar-refractivity contribution in [2.75, 3.05) is 45.9 Å². The molecule has 1 heterocycles. The molecule has 27 heavy (non-hydrogen) atoms. The van der Waals surface area contributed by atoms with Gasteiger partial charge in [-0.1, -0.05) is 38.1 Å². The van der Waals surface area contributed by atoms with E-state index in [-0.39, 0.29) is 11.6 Å². The van der Waals surface area contributed by atoms with Crippen LogP contribution in [0.2, 0.25) is 0 Å². The number of rotatable bonds is 9. The third-order valence-electron chi connectivity index (χ3n) is 5.39. The first-order valence-electron chi connectivity index (χ1n) is 10.1. The standard InChI is InChI=1S/C21H36N4O2/c1-5-24(6-2)16-19-10-8-7-9-18(19)15-22-20(26)23-17-21(3,4)25-11-13-27-14-12-25/h7-10H,5-6,11-17H2,1-4H3,(H2,22,23,26). The summed E-state index contributed by atoms with van der Waals surface area (Å²) in [5, 5.41) is 6.04. The first-order chi connectivity index (χ1) is 13.0. The molecule has 0 unspecified atom stereocenters. The van der Waals surface area contributed by atoms with Gasteiger partial charge in [0.1, 0.15) is 0 Å². The predicted molar refractivity (Wildman–Crippen MR) is 110 cm³/mol. The van der Waals surface area contributed by atoms with Crippen molar-refractivity contribution in [1.82, 2.24) is 20.4 Å². The van der Waals surface area contributed by atoms with Gasteiger partial charge in [-0.15, -0.1) is 0 Å². The number of benzene rings is 1. The maximum atomic E-state index is 12.3. The van der Waals surface area contributed by atoms with Crippen molar-refractivity contribution >= 4 is 6.03 Å². The number of hydrogen-bond donors (Lipinski definition) is 2. The number of carbonyl (C=O) groups excluding carboxylic acids is 1. The molecule has 1 aliphatic heterocycles. The van der Waals surface area contributed by atoms with Crippen LogP contribution in [0.15, 0.2) is 24.3 Å². The number of carbonyl (C=O) groups is 1. The van der Waals surface area contributed by atoms with E-state index >= 15 is 0 Å². The van der Waals surface area contributed by atoms with Crippen LogP contribution in [-0.2, 0) is 17.8 Å². The van der Waals surface area contributed by atoms with Crippen molar-refractivity contribution in [2.45, 2.75) is 46.3 Å². The summed E-state index contributed by atoms with van der Waals surface area (Å²) in [7, 11) is 0. The topological polar surface area (TPSA) is 56.8 Å². The highest BCUT2D eigenvalue weighted by molar-refractivity contribution is 5.73. The number of ether oxygens (including phenoxy) is 1. The zero-order valence-corrected chi connectivity index (χ0v) is 17.4. The van der Waals surface area contributed by atoms with Crippen molar-refractivity contribution in [3.63, 3.8) is 0 Å². The number of amides is 2. The number of hydrogen-bond acceptors (Lipinski definition) is 4. The van der Waals surface area contributed by atoms with Crippen LogP contribution in [0.1, 0.15) is 38.8 Å². The summed E-state index contributed by atoms with van der Waals surface area (Å²) in [6.07, 6.45) is 0. The van der Waals surface area contributed by atoms with Crippen molar-refractivity contribution in [1.29, 1.82) is 0 Å². The van der Waals surface area contributed by atoms with Crippen LogP contribution >= 0.6 is 0 Å². The molecule has 1 saturated heterocycles. The third kappa shape index (κ3) is 6.79. The minimum Gasteiger partial charge on any atom is -0.379 e. The molecule has 1 aromatic rings. The summed E-state index contributed by atoms with van der Waals surface area (Å²) in [5.74, 6) is 0. The van der Waals surface area contributed by atoms with Crippen LogP contribution in [0.5, 0.6) is 0 Å². The smallest absolute Gasteiger partial charge is 0.315 e. The van der Waals surface area contributed by atoms with Gasteiger partial charge in [0, 0.05) is 38.3 Å². The lowest BCUT2D eigenvalue weighted by Gasteiger charge is -2.40. The maximum Gasteiger partial charge on any atom is 0.315 e. The van der Waals surface area contributed by atoms with Gasteiger partial charge in [0.25, 0.3) is 0 Å². The largest absolute Gasteiger partial charge is 0.379 e. The van der Waals surface area contributed by atoms with Crippen LogP contribution < -0.4 is 10.6 Å². The Morgan fingerprint density at radius 1 is 1.11 bits per heavy atom. The Morgan fingerprint density at radius 2 is 1.74 bits per heavy atom. The number of morpholine rings is 1.